The molecule has 1 saturated heterocycles. The molecule has 1 amide bonds. The second-order valence-corrected chi connectivity index (χ2v) is 7.29. The number of piperazine rings is 1. The van der Waals surface area contributed by atoms with E-state index in [1.807, 2.05) is 6.92 Å². The van der Waals surface area contributed by atoms with Crippen LogP contribution < -0.4 is 5.32 Å². The van der Waals surface area contributed by atoms with E-state index in [0.717, 1.165) is 38.6 Å². The Hall–Kier alpha value is -1.03. The van der Waals surface area contributed by atoms with Gasteiger partial charge in [-0.1, -0.05) is 13.0 Å². The minimum Gasteiger partial charge on any atom is -0.450 e. The average Bonchev–Trinajstić information content (AvgIpc) is 3.12. The SMILES string of the molecule is CCNC(=NCC(C)Cc1cccs1)N1CCN(C(=O)OCC)CC1.I. The number of hydrogen-bond acceptors (Lipinski definition) is 4. The first-order valence-corrected chi connectivity index (χ1v) is 9.99. The highest BCUT2D eigenvalue weighted by Gasteiger charge is 2.23. The molecule has 1 atom stereocenters. The minimum absolute atomic E-state index is 0. The Balaban J connectivity index is 0.00000338. The number of nitrogens with one attached hydrogen (secondary N) is 1. The Morgan fingerprint density at radius 2 is 2.00 bits per heavy atom. The van der Waals surface area contributed by atoms with Crippen LogP contribution >= 0.6 is 35.3 Å². The van der Waals surface area contributed by atoms with Crippen LogP contribution in [0.25, 0.3) is 0 Å². The van der Waals surface area contributed by atoms with E-state index in [4.69, 9.17) is 9.73 Å². The molecular weight excluding hydrogens is 463 g/mol. The lowest BCUT2D eigenvalue weighted by molar-refractivity contribution is 0.0914. The van der Waals surface area contributed by atoms with Gasteiger partial charge in [0.1, 0.15) is 0 Å². The highest BCUT2D eigenvalue weighted by molar-refractivity contribution is 14.0. The third-order valence-corrected chi connectivity index (χ3v) is 5.02. The molecular formula is C18H31IN4O2S. The van der Waals surface area contributed by atoms with Crippen molar-refractivity contribution in [2.75, 3.05) is 45.9 Å². The van der Waals surface area contributed by atoms with Crippen molar-refractivity contribution >= 4 is 47.4 Å². The molecule has 2 rings (SSSR count). The van der Waals surface area contributed by atoms with Crippen LogP contribution in [0.3, 0.4) is 0 Å². The predicted molar refractivity (Wildman–Crippen MR) is 119 cm³/mol. The fourth-order valence-corrected chi connectivity index (χ4v) is 3.69. The third-order valence-electron chi connectivity index (χ3n) is 4.12. The smallest absolute Gasteiger partial charge is 0.409 e. The van der Waals surface area contributed by atoms with E-state index in [9.17, 15) is 4.79 Å². The largest absolute Gasteiger partial charge is 0.450 e. The maximum atomic E-state index is 11.8. The van der Waals surface area contributed by atoms with Gasteiger partial charge in [0.2, 0.25) is 0 Å². The first kappa shape index (κ1) is 23.0. The van der Waals surface area contributed by atoms with Crippen molar-refractivity contribution < 1.29 is 9.53 Å². The predicted octanol–water partition coefficient (Wildman–Crippen LogP) is 3.28. The maximum Gasteiger partial charge on any atom is 0.409 e. The number of ether oxygens (including phenoxy) is 1. The summed E-state index contributed by atoms with van der Waals surface area (Å²) in [7, 11) is 0. The fraction of sp³-hybridized carbons (Fsp3) is 0.667. The Bertz CT molecular complexity index is 545. The molecule has 0 spiro atoms. The molecule has 1 aromatic heterocycles. The van der Waals surface area contributed by atoms with E-state index in [2.05, 4.69) is 41.6 Å². The lowest BCUT2D eigenvalue weighted by Crippen LogP contribution is -2.54. The fourth-order valence-electron chi connectivity index (χ4n) is 2.82. The van der Waals surface area contributed by atoms with Gasteiger partial charge in [0, 0.05) is 44.1 Å². The standard InChI is InChI=1S/C18H30N4O2S.HI/c1-4-19-17(20-14-15(3)13-16-7-6-12-25-16)21-8-10-22(11-9-21)18(23)24-5-2;/h6-7,12,15H,4-5,8-11,13-14H2,1-3H3,(H,19,20);1H. The van der Waals surface area contributed by atoms with E-state index in [0.29, 0.717) is 25.6 Å². The summed E-state index contributed by atoms with van der Waals surface area (Å²) in [6, 6.07) is 4.29. The van der Waals surface area contributed by atoms with Crippen molar-refractivity contribution in [2.45, 2.75) is 27.2 Å². The molecule has 0 radical (unpaired) electrons. The number of aliphatic imine (C=N–C) groups is 1. The van der Waals surface area contributed by atoms with Crippen LogP contribution in [-0.2, 0) is 11.2 Å². The Morgan fingerprint density at radius 1 is 1.31 bits per heavy atom. The van der Waals surface area contributed by atoms with E-state index in [-0.39, 0.29) is 30.1 Å². The number of hydrogen-bond donors (Lipinski definition) is 1. The molecule has 1 aliphatic heterocycles. The average molecular weight is 494 g/mol. The molecule has 2 heterocycles. The number of nitrogens with zero attached hydrogens (tertiary/aromatic N) is 3. The molecule has 1 aliphatic rings. The van der Waals surface area contributed by atoms with Crippen LogP contribution in [0.4, 0.5) is 4.79 Å². The molecule has 1 aromatic rings. The van der Waals surface area contributed by atoms with E-state index in [1.165, 1.54) is 4.88 Å². The van der Waals surface area contributed by atoms with E-state index < -0.39 is 0 Å². The van der Waals surface area contributed by atoms with Gasteiger partial charge in [0.25, 0.3) is 0 Å². The zero-order valence-corrected chi connectivity index (χ0v) is 19.1. The molecule has 8 heteroatoms. The van der Waals surface area contributed by atoms with Crippen LogP contribution in [0.2, 0.25) is 0 Å². The van der Waals surface area contributed by atoms with Crippen LogP contribution in [-0.4, -0.2) is 67.7 Å². The normalized spacial score (nSPS) is 16.0. The van der Waals surface area contributed by atoms with Gasteiger partial charge < -0.3 is 19.9 Å². The molecule has 6 nitrogen and oxygen atoms in total. The molecule has 26 heavy (non-hydrogen) atoms. The van der Waals surface area contributed by atoms with E-state index in [1.54, 1.807) is 16.2 Å². The summed E-state index contributed by atoms with van der Waals surface area (Å²) in [5.74, 6) is 1.46. The molecule has 148 valence electrons. The Labute approximate surface area is 178 Å². The lowest BCUT2D eigenvalue weighted by Gasteiger charge is -2.36. The first-order chi connectivity index (χ1) is 12.1. The molecule has 0 bridgehead atoms. The van der Waals surface area contributed by atoms with Gasteiger partial charge in [-0.25, -0.2) is 4.79 Å². The zero-order chi connectivity index (χ0) is 18.1. The van der Waals surface area contributed by atoms with Crippen molar-refractivity contribution in [1.82, 2.24) is 15.1 Å². The van der Waals surface area contributed by atoms with Gasteiger partial charge in [-0.2, -0.15) is 0 Å². The monoisotopic (exact) mass is 494 g/mol. The first-order valence-electron chi connectivity index (χ1n) is 9.11. The minimum atomic E-state index is -0.214. The summed E-state index contributed by atoms with van der Waals surface area (Å²) in [5.41, 5.74) is 0. The maximum absolute atomic E-state index is 11.8. The van der Waals surface area contributed by atoms with Crippen molar-refractivity contribution in [2.24, 2.45) is 10.9 Å². The third kappa shape index (κ3) is 7.30. The van der Waals surface area contributed by atoms with Gasteiger partial charge >= 0.3 is 6.09 Å². The van der Waals surface area contributed by atoms with Crippen molar-refractivity contribution in [1.29, 1.82) is 0 Å². The molecule has 1 N–H and O–H groups in total. The van der Waals surface area contributed by atoms with Crippen LogP contribution in [0.1, 0.15) is 25.6 Å². The number of amides is 1. The highest BCUT2D eigenvalue weighted by Crippen LogP contribution is 2.14. The van der Waals surface area contributed by atoms with Gasteiger partial charge in [-0.05, 0) is 37.6 Å². The van der Waals surface area contributed by atoms with Crippen LogP contribution in [0.5, 0.6) is 0 Å². The number of carbonyl (C=O) groups is 1. The van der Waals surface area contributed by atoms with Gasteiger partial charge in [-0.15, -0.1) is 35.3 Å². The second-order valence-electron chi connectivity index (χ2n) is 6.26. The summed E-state index contributed by atoms with van der Waals surface area (Å²) in [5, 5.41) is 5.50. The topological polar surface area (TPSA) is 57.2 Å². The van der Waals surface area contributed by atoms with Gasteiger partial charge in [0.05, 0.1) is 6.61 Å². The molecule has 0 aliphatic carbocycles. The summed E-state index contributed by atoms with van der Waals surface area (Å²) in [4.78, 5) is 22.0. The van der Waals surface area contributed by atoms with Gasteiger partial charge in [-0.3, -0.25) is 4.99 Å². The number of rotatable bonds is 6. The number of thiophene rings is 1. The van der Waals surface area contributed by atoms with Crippen molar-refractivity contribution in [3.05, 3.63) is 22.4 Å². The van der Waals surface area contributed by atoms with Crippen LogP contribution in [0, 0.1) is 5.92 Å². The summed E-state index contributed by atoms with van der Waals surface area (Å²) < 4.78 is 5.08. The number of guanidine groups is 1. The summed E-state index contributed by atoms with van der Waals surface area (Å²) in [6.07, 6.45) is 0.852. The number of carbonyl (C=O) groups excluding carboxylic acids is 1. The van der Waals surface area contributed by atoms with Crippen molar-refractivity contribution in [3.8, 4) is 0 Å². The quantitative estimate of drug-likeness (QED) is 0.375. The summed E-state index contributed by atoms with van der Waals surface area (Å²) >= 11 is 1.81. The summed E-state index contributed by atoms with van der Waals surface area (Å²) in [6.45, 7) is 11.1. The van der Waals surface area contributed by atoms with E-state index >= 15 is 0 Å². The molecule has 0 saturated carbocycles. The second kappa shape index (κ2) is 12.4. The zero-order valence-electron chi connectivity index (χ0n) is 15.9. The Morgan fingerprint density at radius 3 is 2.58 bits per heavy atom. The number of halogens is 1. The van der Waals surface area contributed by atoms with Crippen molar-refractivity contribution in [3.63, 3.8) is 0 Å². The molecule has 1 fully saturated rings. The molecule has 0 aromatic carbocycles. The van der Waals surface area contributed by atoms with Gasteiger partial charge in [0.15, 0.2) is 5.96 Å². The Kier molecular flexibility index (Phi) is 11.0. The lowest BCUT2D eigenvalue weighted by atomic mass is 10.1. The highest BCUT2D eigenvalue weighted by atomic mass is 127. The van der Waals surface area contributed by atoms with Crippen LogP contribution in [0.15, 0.2) is 22.5 Å². The molecule has 1 unspecified atom stereocenters.